The van der Waals surface area contributed by atoms with Crippen molar-refractivity contribution < 1.29 is 0 Å². The molecule has 8 nitrogen and oxygen atoms in total. The van der Waals surface area contributed by atoms with E-state index >= 15 is 0 Å². The Morgan fingerprint density at radius 1 is 0.844 bits per heavy atom. The Bertz CT molecular complexity index is 1220. The summed E-state index contributed by atoms with van der Waals surface area (Å²) in [5.41, 5.74) is 2.07. The minimum absolute atomic E-state index is 0.352. The van der Waals surface area contributed by atoms with Crippen LogP contribution in [0, 0.1) is 0 Å². The number of hydrogen-bond donors (Lipinski definition) is 1. The maximum atomic E-state index is 4.82. The lowest BCUT2D eigenvalue weighted by Gasteiger charge is -2.37. The van der Waals surface area contributed by atoms with Crippen molar-refractivity contribution in [2.45, 2.75) is 39.8 Å². The van der Waals surface area contributed by atoms with Crippen molar-refractivity contribution in [3.8, 4) is 0 Å². The van der Waals surface area contributed by atoms with Crippen LogP contribution in [0.4, 0.5) is 17.6 Å². The van der Waals surface area contributed by atoms with Crippen molar-refractivity contribution in [3.05, 3.63) is 42.7 Å². The maximum absolute atomic E-state index is 4.82. The van der Waals surface area contributed by atoms with Gasteiger partial charge in [-0.1, -0.05) is 12.1 Å². The van der Waals surface area contributed by atoms with Gasteiger partial charge in [0.25, 0.3) is 0 Å². The predicted molar refractivity (Wildman–Crippen MR) is 130 cm³/mol. The molecule has 3 aromatic heterocycles. The highest BCUT2D eigenvalue weighted by Gasteiger charge is 2.20. The molecule has 0 saturated carbocycles. The summed E-state index contributed by atoms with van der Waals surface area (Å²) in [7, 11) is 0. The summed E-state index contributed by atoms with van der Waals surface area (Å²) >= 11 is 0. The second-order valence-electron chi connectivity index (χ2n) is 8.97. The van der Waals surface area contributed by atoms with E-state index in [0.717, 1.165) is 48.4 Å². The Morgan fingerprint density at radius 2 is 1.62 bits per heavy atom. The van der Waals surface area contributed by atoms with E-state index in [-0.39, 0.29) is 0 Å². The number of aromatic nitrogens is 5. The van der Waals surface area contributed by atoms with Crippen molar-refractivity contribution in [2.24, 2.45) is 0 Å². The van der Waals surface area contributed by atoms with Crippen LogP contribution >= 0.6 is 0 Å². The van der Waals surface area contributed by atoms with Gasteiger partial charge in [0, 0.05) is 61.4 Å². The number of piperazine rings is 1. The van der Waals surface area contributed by atoms with E-state index in [1.54, 1.807) is 0 Å². The van der Waals surface area contributed by atoms with E-state index in [0.29, 0.717) is 23.8 Å². The monoisotopic (exact) mass is 430 g/mol. The molecule has 1 aliphatic rings. The van der Waals surface area contributed by atoms with Crippen LogP contribution in [-0.4, -0.2) is 61.9 Å². The second-order valence-corrected chi connectivity index (χ2v) is 8.97. The lowest BCUT2D eigenvalue weighted by atomic mass is 10.2. The molecule has 1 aromatic carbocycles. The summed E-state index contributed by atoms with van der Waals surface area (Å²) in [6.07, 6.45) is 3.98. The van der Waals surface area contributed by atoms with E-state index in [1.165, 1.54) is 5.39 Å². The highest BCUT2D eigenvalue weighted by atomic mass is 15.3. The smallest absolute Gasteiger partial charge is 0.229 e. The van der Waals surface area contributed by atoms with E-state index in [9.17, 15) is 0 Å². The number of benzene rings is 1. The minimum atomic E-state index is 0.352. The van der Waals surface area contributed by atoms with Gasteiger partial charge in [-0.2, -0.15) is 0 Å². The molecule has 166 valence electrons. The summed E-state index contributed by atoms with van der Waals surface area (Å²) < 4.78 is 2.25. The van der Waals surface area contributed by atoms with Gasteiger partial charge in [0.05, 0.1) is 5.52 Å². The van der Waals surface area contributed by atoms with Crippen molar-refractivity contribution in [3.63, 3.8) is 0 Å². The van der Waals surface area contributed by atoms with Crippen LogP contribution in [0.3, 0.4) is 0 Å². The summed E-state index contributed by atoms with van der Waals surface area (Å²) in [6.45, 7) is 12.9. The molecule has 32 heavy (non-hydrogen) atoms. The molecule has 1 N–H and O–H groups in total. The van der Waals surface area contributed by atoms with Crippen LogP contribution < -0.4 is 10.2 Å². The van der Waals surface area contributed by atoms with Crippen LogP contribution in [0.25, 0.3) is 21.8 Å². The fourth-order valence-electron chi connectivity index (χ4n) is 4.37. The van der Waals surface area contributed by atoms with Crippen LogP contribution in [0.2, 0.25) is 0 Å². The zero-order valence-corrected chi connectivity index (χ0v) is 19.2. The predicted octanol–water partition coefficient (Wildman–Crippen LogP) is 4.23. The first-order valence-corrected chi connectivity index (χ1v) is 11.4. The molecule has 0 atom stereocenters. The van der Waals surface area contributed by atoms with Gasteiger partial charge in [0.15, 0.2) is 11.6 Å². The van der Waals surface area contributed by atoms with E-state index in [1.807, 2.05) is 18.3 Å². The number of hydrogen-bond acceptors (Lipinski definition) is 7. The highest BCUT2D eigenvalue weighted by Crippen LogP contribution is 2.28. The molecule has 1 aliphatic heterocycles. The summed E-state index contributed by atoms with van der Waals surface area (Å²) in [5.74, 6) is 2.07. The maximum Gasteiger partial charge on any atom is 0.229 e. The number of fused-ring (bicyclic) bond motifs is 3. The van der Waals surface area contributed by atoms with Gasteiger partial charge < -0.3 is 14.8 Å². The highest BCUT2D eigenvalue weighted by molar-refractivity contribution is 6.03. The number of rotatable bonds is 5. The molecule has 4 aromatic rings. The molecule has 1 fully saturated rings. The standard InChI is InChI=1S/C24H30N8/c1-16(2)30-11-13-31(14-12-30)21-8-7-20(28-29-21)26-24-25-15-19-6-5-18-9-10-32(17(3)4)23(18)22(19)27-24/h5-10,15-17H,11-14H2,1-4H3,(H,25,26,27,28). The Labute approximate surface area is 188 Å². The fraction of sp³-hybridized carbons (Fsp3) is 0.417. The first-order chi connectivity index (χ1) is 15.5. The van der Waals surface area contributed by atoms with Gasteiger partial charge in [-0.15, -0.1) is 10.2 Å². The third kappa shape index (κ3) is 3.86. The van der Waals surface area contributed by atoms with Gasteiger partial charge >= 0.3 is 0 Å². The SMILES string of the molecule is CC(C)N1CCN(c2ccc(Nc3ncc4ccc5ccn(C(C)C)c5c4n3)nn2)CC1. The molecule has 0 amide bonds. The lowest BCUT2D eigenvalue weighted by Crippen LogP contribution is -2.49. The van der Waals surface area contributed by atoms with Crippen molar-refractivity contribution >= 4 is 39.4 Å². The first-order valence-electron chi connectivity index (χ1n) is 11.4. The van der Waals surface area contributed by atoms with Crippen molar-refractivity contribution in [1.29, 1.82) is 0 Å². The molecule has 5 rings (SSSR count). The molecule has 0 bridgehead atoms. The Hall–Kier alpha value is -3.26. The van der Waals surface area contributed by atoms with Crippen LogP contribution in [0.5, 0.6) is 0 Å². The Balaban J connectivity index is 1.36. The average molecular weight is 431 g/mol. The quantitative estimate of drug-likeness (QED) is 0.508. The number of nitrogens with one attached hydrogen (secondary N) is 1. The third-order valence-electron chi connectivity index (χ3n) is 6.25. The Morgan fingerprint density at radius 3 is 2.31 bits per heavy atom. The van der Waals surface area contributed by atoms with Gasteiger partial charge in [-0.3, -0.25) is 4.90 Å². The molecular weight excluding hydrogens is 400 g/mol. The summed E-state index contributed by atoms with van der Waals surface area (Å²) in [6, 6.07) is 11.2. The first kappa shape index (κ1) is 20.6. The zero-order chi connectivity index (χ0) is 22.2. The largest absolute Gasteiger partial charge is 0.353 e. The fourth-order valence-corrected chi connectivity index (χ4v) is 4.37. The van der Waals surface area contributed by atoms with E-state index in [2.05, 4.69) is 87.0 Å². The van der Waals surface area contributed by atoms with Crippen LogP contribution in [-0.2, 0) is 0 Å². The van der Waals surface area contributed by atoms with Gasteiger partial charge in [0.1, 0.15) is 5.52 Å². The van der Waals surface area contributed by atoms with E-state index < -0.39 is 0 Å². The molecule has 4 heterocycles. The third-order valence-corrected chi connectivity index (χ3v) is 6.25. The Kier molecular flexibility index (Phi) is 5.38. The summed E-state index contributed by atoms with van der Waals surface area (Å²) in [5, 5.41) is 14.2. The zero-order valence-electron chi connectivity index (χ0n) is 19.2. The molecule has 0 radical (unpaired) electrons. The normalized spacial score (nSPS) is 15.4. The topological polar surface area (TPSA) is 75.0 Å². The van der Waals surface area contributed by atoms with Crippen LogP contribution in [0.1, 0.15) is 33.7 Å². The minimum Gasteiger partial charge on any atom is -0.353 e. The second kappa shape index (κ2) is 8.35. The van der Waals surface area contributed by atoms with Gasteiger partial charge in [-0.05, 0) is 45.9 Å². The summed E-state index contributed by atoms with van der Waals surface area (Å²) in [4.78, 5) is 14.1. The molecule has 0 unspecified atom stereocenters. The van der Waals surface area contributed by atoms with E-state index in [4.69, 9.17) is 4.98 Å². The average Bonchev–Trinajstić information content (AvgIpc) is 3.25. The van der Waals surface area contributed by atoms with Crippen molar-refractivity contribution in [1.82, 2.24) is 29.6 Å². The van der Waals surface area contributed by atoms with Gasteiger partial charge in [-0.25, -0.2) is 9.97 Å². The molecule has 0 aliphatic carbocycles. The molecule has 0 spiro atoms. The lowest BCUT2D eigenvalue weighted by molar-refractivity contribution is 0.209. The molecule has 8 heteroatoms. The number of nitrogens with zero attached hydrogens (tertiary/aromatic N) is 7. The van der Waals surface area contributed by atoms with Crippen LogP contribution in [0.15, 0.2) is 42.7 Å². The van der Waals surface area contributed by atoms with Crippen molar-refractivity contribution in [2.75, 3.05) is 36.4 Å². The van der Waals surface area contributed by atoms with Gasteiger partial charge in [0.2, 0.25) is 5.95 Å². The molecule has 1 saturated heterocycles. The molecular formula is C24H30N8. The number of anilines is 3.